The number of nitrogens with one attached hydrogen (secondary N) is 1. The molecule has 8 nitrogen and oxygen atoms in total. The average molecular weight is 490 g/mol. The van der Waals surface area contributed by atoms with Crippen molar-refractivity contribution in [3.05, 3.63) is 65.5 Å². The maximum Gasteiger partial charge on any atom is 0.269 e. The van der Waals surface area contributed by atoms with Gasteiger partial charge >= 0.3 is 0 Å². The van der Waals surface area contributed by atoms with Crippen molar-refractivity contribution in [3.8, 4) is 0 Å². The highest BCUT2D eigenvalue weighted by atomic mass is 32.2. The Morgan fingerprint density at radius 2 is 1.79 bits per heavy atom. The first-order valence-electron chi connectivity index (χ1n) is 11.1. The van der Waals surface area contributed by atoms with E-state index < -0.39 is 39.6 Å². The molecule has 0 saturated carbocycles. The largest absolute Gasteiger partial charge is 0.354 e. The number of carbonyl (C=O) groups is 3. The molecule has 3 amide bonds. The Balaban J connectivity index is 1.78. The molecule has 2 aromatic rings. The number of amides is 3. The van der Waals surface area contributed by atoms with E-state index in [1.165, 1.54) is 48.2 Å². The topological polar surface area (TPSA) is 104 Å². The summed E-state index contributed by atoms with van der Waals surface area (Å²) >= 11 is 0. The maximum atomic E-state index is 14.3. The van der Waals surface area contributed by atoms with Crippen molar-refractivity contribution in [1.29, 1.82) is 0 Å². The van der Waals surface area contributed by atoms with Gasteiger partial charge in [0.1, 0.15) is 16.8 Å². The highest BCUT2D eigenvalue weighted by Gasteiger charge is 2.41. The summed E-state index contributed by atoms with van der Waals surface area (Å²) in [6.07, 6.45) is 1.31. The van der Waals surface area contributed by atoms with Gasteiger partial charge in [0.2, 0.25) is 11.8 Å². The van der Waals surface area contributed by atoms with Crippen LogP contribution in [0.2, 0.25) is 0 Å². The second-order valence-electron chi connectivity index (χ2n) is 8.06. The van der Waals surface area contributed by atoms with Crippen LogP contribution in [0.4, 0.5) is 4.39 Å². The fourth-order valence-corrected chi connectivity index (χ4v) is 5.29. The molecule has 0 bridgehead atoms. The minimum atomic E-state index is -4.06. The lowest BCUT2D eigenvalue weighted by atomic mass is 10.1. The van der Waals surface area contributed by atoms with Crippen LogP contribution in [0.15, 0.2) is 53.4 Å². The van der Waals surface area contributed by atoms with E-state index in [4.69, 9.17) is 0 Å². The maximum absolute atomic E-state index is 14.3. The van der Waals surface area contributed by atoms with Crippen molar-refractivity contribution in [2.24, 2.45) is 0 Å². The lowest BCUT2D eigenvalue weighted by Gasteiger charge is -2.29. The zero-order valence-electron chi connectivity index (χ0n) is 19.2. The molecule has 1 aliphatic heterocycles. The fourth-order valence-electron chi connectivity index (χ4n) is 3.72. The molecule has 1 heterocycles. The van der Waals surface area contributed by atoms with Crippen LogP contribution in [0.1, 0.15) is 49.0 Å². The van der Waals surface area contributed by atoms with Crippen LogP contribution in [0, 0.1) is 5.82 Å². The molecule has 0 aromatic heterocycles. The third-order valence-corrected chi connectivity index (χ3v) is 7.58. The van der Waals surface area contributed by atoms with Gasteiger partial charge in [-0.3, -0.25) is 14.4 Å². The van der Waals surface area contributed by atoms with Crippen molar-refractivity contribution < 1.29 is 27.2 Å². The summed E-state index contributed by atoms with van der Waals surface area (Å²) < 4.78 is 40.5. The second kappa shape index (κ2) is 10.8. The summed E-state index contributed by atoms with van der Waals surface area (Å²) in [6, 6.07) is 10.9. The number of benzene rings is 2. The van der Waals surface area contributed by atoms with Gasteiger partial charge in [-0.15, -0.1) is 0 Å². The van der Waals surface area contributed by atoms with Crippen LogP contribution in [0.5, 0.6) is 0 Å². The third-order valence-electron chi connectivity index (χ3n) is 5.74. The van der Waals surface area contributed by atoms with Crippen LogP contribution in [0.25, 0.3) is 0 Å². The smallest absolute Gasteiger partial charge is 0.269 e. The van der Waals surface area contributed by atoms with E-state index in [2.05, 4.69) is 5.32 Å². The highest BCUT2D eigenvalue weighted by Crippen LogP contribution is 2.30. The van der Waals surface area contributed by atoms with E-state index in [1.54, 1.807) is 12.1 Å². The summed E-state index contributed by atoms with van der Waals surface area (Å²) in [5.74, 6) is -2.18. The summed E-state index contributed by atoms with van der Waals surface area (Å²) in [4.78, 5) is 39.6. The summed E-state index contributed by atoms with van der Waals surface area (Å²) in [5, 5.41) is 2.76. The fraction of sp³-hybridized carbons (Fsp3) is 0.375. The van der Waals surface area contributed by atoms with Crippen molar-refractivity contribution in [3.63, 3.8) is 0 Å². The number of sulfonamides is 1. The zero-order valence-corrected chi connectivity index (χ0v) is 20.0. The Kier molecular flexibility index (Phi) is 8.03. The number of hydrogen-bond donors (Lipinski definition) is 1. The van der Waals surface area contributed by atoms with Crippen LogP contribution in [-0.2, 0) is 26.2 Å². The average Bonchev–Trinajstić information content (AvgIpc) is 3.01. The monoisotopic (exact) mass is 489 g/mol. The van der Waals surface area contributed by atoms with Gasteiger partial charge in [-0.25, -0.2) is 17.1 Å². The van der Waals surface area contributed by atoms with Gasteiger partial charge in [-0.05, 0) is 31.5 Å². The molecule has 1 aliphatic rings. The summed E-state index contributed by atoms with van der Waals surface area (Å²) in [5.41, 5.74) is 0.281. The molecule has 1 atom stereocenters. The minimum absolute atomic E-state index is 0.0573. The Hall–Kier alpha value is -3.27. The molecule has 0 radical (unpaired) electrons. The molecule has 0 saturated heterocycles. The van der Waals surface area contributed by atoms with E-state index in [-0.39, 0.29) is 35.5 Å². The van der Waals surface area contributed by atoms with Crippen LogP contribution < -0.4 is 5.32 Å². The predicted octanol–water partition coefficient (Wildman–Crippen LogP) is 2.69. The molecule has 0 fully saturated rings. The van der Waals surface area contributed by atoms with E-state index in [0.717, 1.165) is 12.8 Å². The molecule has 0 spiro atoms. The Morgan fingerprint density at radius 1 is 1.12 bits per heavy atom. The van der Waals surface area contributed by atoms with Gasteiger partial charge in [-0.1, -0.05) is 43.7 Å². The molecule has 10 heteroatoms. The lowest BCUT2D eigenvalue weighted by Crippen LogP contribution is -2.48. The van der Waals surface area contributed by atoms with Crippen molar-refractivity contribution >= 4 is 27.7 Å². The van der Waals surface area contributed by atoms with E-state index in [9.17, 15) is 27.2 Å². The predicted molar refractivity (Wildman–Crippen MR) is 124 cm³/mol. The quantitative estimate of drug-likeness (QED) is 0.517. The number of rotatable bonds is 10. The molecule has 182 valence electrons. The first-order chi connectivity index (χ1) is 16.2. The Labute approximate surface area is 198 Å². The number of carbonyl (C=O) groups excluding carboxylic acids is 3. The van der Waals surface area contributed by atoms with Gasteiger partial charge in [-0.2, -0.15) is 0 Å². The second-order valence-corrected chi connectivity index (χ2v) is 9.89. The van der Waals surface area contributed by atoms with Crippen LogP contribution >= 0.6 is 0 Å². The molecular weight excluding hydrogens is 461 g/mol. The standard InChI is InChI=1S/C24H28FN3O5S/c1-3-4-14-26-23(30)17(2)27(16-18-9-5-7-11-20(18)25)22(29)13-15-28-24(31)19-10-6-8-12-21(19)34(28,32)33/h5-12,17H,3-4,13-16H2,1-2H3,(H,26,30). The SMILES string of the molecule is CCCCNC(=O)C(C)N(Cc1ccccc1F)C(=O)CCN1C(=O)c2ccccc2S1(=O)=O. The molecule has 3 rings (SSSR count). The number of fused-ring (bicyclic) bond motifs is 1. The van der Waals surface area contributed by atoms with Crippen molar-refractivity contribution in [1.82, 2.24) is 14.5 Å². The first kappa shape index (κ1) is 25.4. The van der Waals surface area contributed by atoms with Crippen LogP contribution in [-0.4, -0.2) is 54.5 Å². The highest BCUT2D eigenvalue weighted by molar-refractivity contribution is 7.90. The molecule has 2 aromatic carbocycles. The Bertz CT molecular complexity index is 1180. The van der Waals surface area contributed by atoms with Gasteiger partial charge in [0.15, 0.2) is 0 Å². The number of unbranched alkanes of at least 4 members (excludes halogenated alkanes) is 1. The molecule has 34 heavy (non-hydrogen) atoms. The number of halogens is 1. The van der Waals surface area contributed by atoms with Gasteiger partial charge in [0, 0.05) is 31.6 Å². The summed E-state index contributed by atoms with van der Waals surface area (Å²) in [7, 11) is -4.06. The first-order valence-corrected chi connectivity index (χ1v) is 12.6. The van der Waals surface area contributed by atoms with Gasteiger partial charge in [0.05, 0.1) is 5.56 Å². The number of hydrogen-bond acceptors (Lipinski definition) is 5. The third kappa shape index (κ3) is 5.27. The molecule has 0 aliphatic carbocycles. The van der Waals surface area contributed by atoms with Crippen molar-refractivity contribution in [2.75, 3.05) is 13.1 Å². The molecule has 1 unspecified atom stereocenters. The number of nitrogens with zero attached hydrogens (tertiary/aromatic N) is 2. The van der Waals surface area contributed by atoms with E-state index in [0.29, 0.717) is 10.8 Å². The van der Waals surface area contributed by atoms with Crippen molar-refractivity contribution in [2.45, 2.75) is 50.6 Å². The minimum Gasteiger partial charge on any atom is -0.354 e. The van der Waals surface area contributed by atoms with Gasteiger partial charge < -0.3 is 10.2 Å². The van der Waals surface area contributed by atoms with E-state index in [1.807, 2.05) is 6.92 Å². The van der Waals surface area contributed by atoms with E-state index >= 15 is 0 Å². The lowest BCUT2D eigenvalue weighted by molar-refractivity contribution is -0.140. The molecule has 1 N–H and O–H groups in total. The zero-order chi connectivity index (χ0) is 24.9. The molecular formula is C24H28FN3O5S. The van der Waals surface area contributed by atoms with Crippen LogP contribution in [0.3, 0.4) is 0 Å². The normalized spacial score (nSPS) is 15.0. The van der Waals surface area contributed by atoms with Gasteiger partial charge in [0.25, 0.3) is 15.9 Å². The summed E-state index contributed by atoms with van der Waals surface area (Å²) in [6.45, 7) is 3.41. The Morgan fingerprint density at radius 3 is 2.47 bits per heavy atom.